The lowest BCUT2D eigenvalue weighted by molar-refractivity contribution is -0.0454. The van der Waals surface area contributed by atoms with Crippen LogP contribution in [0.5, 0.6) is 0 Å². The summed E-state index contributed by atoms with van der Waals surface area (Å²) in [6.07, 6.45) is 4.90. The molecule has 0 aromatic heterocycles. The summed E-state index contributed by atoms with van der Waals surface area (Å²) in [5.74, 6) is 0.619. The van der Waals surface area contributed by atoms with Crippen LogP contribution in [0.25, 0.3) is 0 Å². The average molecular weight is 171 g/mol. The minimum atomic E-state index is 0.0459. The van der Waals surface area contributed by atoms with Gasteiger partial charge in [0, 0.05) is 13.2 Å². The van der Waals surface area contributed by atoms with Gasteiger partial charge in [-0.1, -0.05) is 26.7 Å². The SMILES string of the molecule is CC(C)COC1(CN)CCCC1. The van der Waals surface area contributed by atoms with Gasteiger partial charge in [-0.3, -0.25) is 0 Å². The number of rotatable bonds is 4. The molecule has 0 saturated heterocycles. The van der Waals surface area contributed by atoms with Crippen LogP contribution in [0.15, 0.2) is 0 Å². The molecule has 72 valence electrons. The predicted molar refractivity (Wildman–Crippen MR) is 51.0 cm³/mol. The van der Waals surface area contributed by atoms with Crippen molar-refractivity contribution in [2.24, 2.45) is 11.7 Å². The van der Waals surface area contributed by atoms with Crippen LogP contribution in [0.2, 0.25) is 0 Å². The van der Waals surface area contributed by atoms with Gasteiger partial charge in [0.25, 0.3) is 0 Å². The first-order chi connectivity index (χ1) is 5.68. The third kappa shape index (κ3) is 2.46. The Bertz CT molecular complexity index is 128. The zero-order chi connectivity index (χ0) is 9.03. The van der Waals surface area contributed by atoms with Gasteiger partial charge in [0.2, 0.25) is 0 Å². The fourth-order valence-corrected chi connectivity index (χ4v) is 1.77. The molecule has 0 radical (unpaired) electrons. The van der Waals surface area contributed by atoms with Gasteiger partial charge < -0.3 is 10.5 Å². The minimum absolute atomic E-state index is 0.0459. The van der Waals surface area contributed by atoms with E-state index in [1.165, 1.54) is 12.8 Å². The zero-order valence-corrected chi connectivity index (χ0v) is 8.31. The Morgan fingerprint density at radius 3 is 2.33 bits per heavy atom. The van der Waals surface area contributed by atoms with Crippen LogP contribution in [0.4, 0.5) is 0 Å². The van der Waals surface area contributed by atoms with Gasteiger partial charge in [0.15, 0.2) is 0 Å². The first-order valence-corrected chi connectivity index (χ1v) is 5.02. The van der Waals surface area contributed by atoms with E-state index in [4.69, 9.17) is 10.5 Å². The maximum absolute atomic E-state index is 5.88. The van der Waals surface area contributed by atoms with E-state index < -0.39 is 0 Å². The molecular weight excluding hydrogens is 150 g/mol. The lowest BCUT2D eigenvalue weighted by Gasteiger charge is -2.28. The summed E-state index contributed by atoms with van der Waals surface area (Å²) in [4.78, 5) is 0. The van der Waals surface area contributed by atoms with Gasteiger partial charge in [-0.05, 0) is 18.8 Å². The standard InChI is InChI=1S/C10H21NO/c1-9(2)7-12-10(8-11)5-3-4-6-10/h9H,3-8,11H2,1-2H3. The summed E-state index contributed by atoms with van der Waals surface area (Å²) in [5.41, 5.74) is 5.78. The summed E-state index contributed by atoms with van der Waals surface area (Å²) in [7, 11) is 0. The molecule has 1 aliphatic rings. The molecule has 1 aliphatic carbocycles. The molecule has 0 aliphatic heterocycles. The topological polar surface area (TPSA) is 35.2 Å². The molecule has 1 rings (SSSR count). The lowest BCUT2D eigenvalue weighted by atomic mass is 10.0. The largest absolute Gasteiger partial charge is 0.373 e. The van der Waals surface area contributed by atoms with Gasteiger partial charge in [0.1, 0.15) is 0 Å². The highest BCUT2D eigenvalue weighted by molar-refractivity contribution is 4.87. The van der Waals surface area contributed by atoms with Crippen molar-refractivity contribution in [2.45, 2.75) is 45.1 Å². The van der Waals surface area contributed by atoms with E-state index >= 15 is 0 Å². The highest BCUT2D eigenvalue weighted by Gasteiger charge is 2.33. The van der Waals surface area contributed by atoms with Gasteiger partial charge in [-0.15, -0.1) is 0 Å². The van der Waals surface area contributed by atoms with Crippen LogP contribution in [0.1, 0.15) is 39.5 Å². The molecule has 0 unspecified atom stereocenters. The molecular formula is C10H21NO. The fourth-order valence-electron chi connectivity index (χ4n) is 1.77. The van der Waals surface area contributed by atoms with Crippen molar-refractivity contribution in [1.82, 2.24) is 0 Å². The van der Waals surface area contributed by atoms with Crippen molar-refractivity contribution < 1.29 is 4.74 Å². The van der Waals surface area contributed by atoms with Crippen molar-refractivity contribution in [3.05, 3.63) is 0 Å². The van der Waals surface area contributed by atoms with Crippen molar-refractivity contribution in [3.63, 3.8) is 0 Å². The smallest absolute Gasteiger partial charge is 0.0804 e. The highest BCUT2D eigenvalue weighted by atomic mass is 16.5. The first-order valence-electron chi connectivity index (χ1n) is 5.02. The Balaban J connectivity index is 2.34. The lowest BCUT2D eigenvalue weighted by Crippen LogP contribution is -2.38. The van der Waals surface area contributed by atoms with Crippen molar-refractivity contribution in [1.29, 1.82) is 0 Å². The summed E-state index contributed by atoms with van der Waals surface area (Å²) in [5, 5.41) is 0. The third-order valence-corrected chi connectivity index (χ3v) is 2.61. The molecule has 2 N–H and O–H groups in total. The van der Waals surface area contributed by atoms with Crippen LogP contribution >= 0.6 is 0 Å². The molecule has 0 amide bonds. The monoisotopic (exact) mass is 171 g/mol. The van der Waals surface area contributed by atoms with Gasteiger partial charge in [-0.25, -0.2) is 0 Å². The Morgan fingerprint density at radius 2 is 1.92 bits per heavy atom. The van der Waals surface area contributed by atoms with E-state index in [1.54, 1.807) is 0 Å². The molecule has 12 heavy (non-hydrogen) atoms. The molecule has 0 aromatic carbocycles. The third-order valence-electron chi connectivity index (χ3n) is 2.61. The predicted octanol–water partition coefficient (Wildman–Crippen LogP) is 1.93. The molecule has 1 saturated carbocycles. The Kier molecular flexibility index (Phi) is 3.53. The molecule has 2 nitrogen and oxygen atoms in total. The van der Waals surface area contributed by atoms with Crippen molar-refractivity contribution >= 4 is 0 Å². The van der Waals surface area contributed by atoms with Gasteiger partial charge >= 0.3 is 0 Å². The van der Waals surface area contributed by atoms with E-state index in [-0.39, 0.29) is 5.60 Å². The summed E-state index contributed by atoms with van der Waals surface area (Å²) < 4.78 is 5.88. The first kappa shape index (κ1) is 10.0. The molecule has 0 bridgehead atoms. The summed E-state index contributed by atoms with van der Waals surface area (Å²) in [6, 6.07) is 0. The minimum Gasteiger partial charge on any atom is -0.373 e. The quantitative estimate of drug-likeness (QED) is 0.701. The summed E-state index contributed by atoms with van der Waals surface area (Å²) in [6.45, 7) is 5.91. The van der Waals surface area contributed by atoms with Crippen molar-refractivity contribution in [2.75, 3.05) is 13.2 Å². The second-order valence-corrected chi connectivity index (χ2v) is 4.30. The normalized spacial score (nSPS) is 22.0. The number of ether oxygens (including phenoxy) is 1. The van der Waals surface area contributed by atoms with E-state index in [9.17, 15) is 0 Å². The van der Waals surface area contributed by atoms with Gasteiger partial charge in [-0.2, -0.15) is 0 Å². The molecule has 0 atom stereocenters. The molecule has 0 spiro atoms. The van der Waals surface area contributed by atoms with Crippen molar-refractivity contribution in [3.8, 4) is 0 Å². The number of nitrogens with two attached hydrogens (primary N) is 1. The van der Waals surface area contributed by atoms with E-state index in [1.807, 2.05) is 0 Å². The second-order valence-electron chi connectivity index (χ2n) is 4.30. The molecule has 0 heterocycles. The van der Waals surface area contributed by atoms with E-state index in [0.29, 0.717) is 12.5 Å². The maximum Gasteiger partial charge on any atom is 0.0804 e. The van der Waals surface area contributed by atoms with Crippen LogP contribution in [0.3, 0.4) is 0 Å². The van der Waals surface area contributed by atoms with Crippen LogP contribution in [0, 0.1) is 5.92 Å². The van der Waals surface area contributed by atoms with E-state index in [2.05, 4.69) is 13.8 Å². The molecule has 2 heteroatoms. The fraction of sp³-hybridized carbons (Fsp3) is 1.00. The van der Waals surface area contributed by atoms with Gasteiger partial charge in [0.05, 0.1) is 5.60 Å². The number of hydrogen-bond donors (Lipinski definition) is 1. The Morgan fingerprint density at radius 1 is 1.33 bits per heavy atom. The van der Waals surface area contributed by atoms with Crippen LogP contribution in [-0.4, -0.2) is 18.8 Å². The summed E-state index contributed by atoms with van der Waals surface area (Å²) >= 11 is 0. The Hall–Kier alpha value is -0.0800. The average Bonchev–Trinajstić information content (AvgIpc) is 2.50. The molecule has 0 aromatic rings. The van der Waals surface area contributed by atoms with Crippen LogP contribution in [-0.2, 0) is 4.74 Å². The maximum atomic E-state index is 5.88. The number of hydrogen-bond acceptors (Lipinski definition) is 2. The highest BCUT2D eigenvalue weighted by Crippen LogP contribution is 2.32. The zero-order valence-electron chi connectivity index (χ0n) is 8.31. The molecule has 1 fully saturated rings. The van der Waals surface area contributed by atoms with Crippen LogP contribution < -0.4 is 5.73 Å². The second kappa shape index (κ2) is 4.24. The Labute approximate surface area is 75.5 Å². The van der Waals surface area contributed by atoms with E-state index in [0.717, 1.165) is 19.4 Å².